The first-order valence-corrected chi connectivity index (χ1v) is 7.19. The highest BCUT2D eigenvalue weighted by Gasteiger charge is 2.24. The Morgan fingerprint density at radius 2 is 1.90 bits per heavy atom. The van der Waals surface area contributed by atoms with Crippen LogP contribution < -0.4 is 16.8 Å². The number of likely N-dealkylation sites (tertiary alicyclic amines) is 1. The van der Waals surface area contributed by atoms with E-state index in [9.17, 15) is 9.59 Å². The highest BCUT2D eigenvalue weighted by atomic mass is 16.2. The number of hydrogen-bond acceptors (Lipinski definition) is 4. The average Bonchev–Trinajstić information content (AvgIpc) is 2.48. The summed E-state index contributed by atoms with van der Waals surface area (Å²) in [7, 11) is 0. The van der Waals surface area contributed by atoms with E-state index in [0.717, 1.165) is 37.2 Å². The van der Waals surface area contributed by atoms with Gasteiger partial charge < -0.3 is 16.8 Å². The second kappa shape index (κ2) is 7.19. The lowest BCUT2D eigenvalue weighted by molar-refractivity contribution is -0.123. The molecule has 21 heavy (non-hydrogen) atoms. The number of anilines is 1. The number of benzene rings is 1. The minimum absolute atomic E-state index is 0.0534. The predicted octanol–water partition coefficient (Wildman–Crippen LogP) is 0.281. The SMILES string of the molecule is NCc1ccccc1NC(=O)CN1CCC(C(N)=O)CC1. The van der Waals surface area contributed by atoms with Crippen LogP contribution in [0.2, 0.25) is 0 Å². The first-order valence-electron chi connectivity index (χ1n) is 7.19. The molecule has 0 saturated carbocycles. The van der Waals surface area contributed by atoms with Crippen LogP contribution in [0.3, 0.4) is 0 Å². The molecule has 0 bridgehead atoms. The maximum atomic E-state index is 12.1. The molecule has 6 heteroatoms. The van der Waals surface area contributed by atoms with E-state index in [1.807, 2.05) is 29.2 Å². The fourth-order valence-electron chi connectivity index (χ4n) is 2.59. The third-order valence-corrected chi connectivity index (χ3v) is 3.87. The molecule has 0 aromatic heterocycles. The van der Waals surface area contributed by atoms with Gasteiger partial charge in [-0.25, -0.2) is 0 Å². The molecule has 1 aromatic carbocycles. The monoisotopic (exact) mass is 290 g/mol. The Hall–Kier alpha value is -1.92. The van der Waals surface area contributed by atoms with Crippen molar-refractivity contribution < 1.29 is 9.59 Å². The lowest BCUT2D eigenvalue weighted by Gasteiger charge is -2.29. The van der Waals surface area contributed by atoms with Crippen molar-refractivity contribution in [2.24, 2.45) is 17.4 Å². The Bertz CT molecular complexity index is 510. The zero-order valence-electron chi connectivity index (χ0n) is 12.0. The number of nitrogens with zero attached hydrogens (tertiary/aromatic N) is 1. The van der Waals surface area contributed by atoms with Gasteiger partial charge in [-0.1, -0.05) is 18.2 Å². The summed E-state index contributed by atoms with van der Waals surface area (Å²) in [4.78, 5) is 25.2. The Morgan fingerprint density at radius 1 is 1.24 bits per heavy atom. The number of amides is 2. The van der Waals surface area contributed by atoms with Gasteiger partial charge in [0.05, 0.1) is 6.54 Å². The Balaban J connectivity index is 1.84. The van der Waals surface area contributed by atoms with E-state index in [-0.39, 0.29) is 17.7 Å². The molecule has 2 rings (SSSR count). The van der Waals surface area contributed by atoms with Gasteiger partial charge in [0.25, 0.3) is 0 Å². The number of carbonyl (C=O) groups is 2. The molecular formula is C15H22N4O2. The number of nitrogens with two attached hydrogens (primary N) is 2. The van der Waals surface area contributed by atoms with E-state index < -0.39 is 0 Å². The van der Waals surface area contributed by atoms with Crippen LogP contribution in [0.1, 0.15) is 18.4 Å². The van der Waals surface area contributed by atoms with Gasteiger partial charge >= 0.3 is 0 Å². The van der Waals surface area contributed by atoms with Crippen LogP contribution in [0.15, 0.2) is 24.3 Å². The maximum Gasteiger partial charge on any atom is 0.238 e. The molecule has 1 aliphatic rings. The maximum absolute atomic E-state index is 12.1. The number of nitrogens with one attached hydrogen (secondary N) is 1. The Kier molecular flexibility index (Phi) is 5.30. The fraction of sp³-hybridized carbons (Fsp3) is 0.467. The molecule has 1 aliphatic heterocycles. The summed E-state index contributed by atoms with van der Waals surface area (Å²) in [5.74, 6) is -0.355. The Labute approximate surface area is 124 Å². The van der Waals surface area contributed by atoms with Crippen LogP contribution >= 0.6 is 0 Å². The molecule has 0 spiro atoms. The second-order valence-corrected chi connectivity index (χ2v) is 5.36. The van der Waals surface area contributed by atoms with Crippen molar-refractivity contribution in [2.75, 3.05) is 25.0 Å². The number of rotatable bonds is 5. The molecule has 1 fully saturated rings. The van der Waals surface area contributed by atoms with Gasteiger partial charge in [0, 0.05) is 18.2 Å². The lowest BCUT2D eigenvalue weighted by Crippen LogP contribution is -2.42. The molecule has 2 amide bonds. The van der Waals surface area contributed by atoms with Crippen LogP contribution in [0, 0.1) is 5.92 Å². The van der Waals surface area contributed by atoms with E-state index in [2.05, 4.69) is 5.32 Å². The van der Waals surface area contributed by atoms with Crippen molar-refractivity contribution in [1.82, 2.24) is 4.90 Å². The highest BCUT2D eigenvalue weighted by Crippen LogP contribution is 2.17. The first kappa shape index (κ1) is 15.5. The van der Waals surface area contributed by atoms with E-state index >= 15 is 0 Å². The lowest BCUT2D eigenvalue weighted by atomic mass is 9.96. The molecule has 6 nitrogen and oxygen atoms in total. The molecule has 1 heterocycles. The minimum Gasteiger partial charge on any atom is -0.369 e. The van der Waals surface area contributed by atoms with Crippen molar-refractivity contribution in [3.05, 3.63) is 29.8 Å². The summed E-state index contributed by atoms with van der Waals surface area (Å²) >= 11 is 0. The van der Waals surface area contributed by atoms with Crippen molar-refractivity contribution in [1.29, 1.82) is 0 Å². The molecule has 0 atom stereocenters. The van der Waals surface area contributed by atoms with Crippen molar-refractivity contribution in [3.8, 4) is 0 Å². The molecule has 0 unspecified atom stereocenters. The number of carbonyl (C=O) groups excluding carboxylic acids is 2. The van der Waals surface area contributed by atoms with Crippen molar-refractivity contribution in [3.63, 3.8) is 0 Å². The summed E-state index contributed by atoms with van der Waals surface area (Å²) in [5.41, 5.74) is 12.6. The number of piperidine rings is 1. The average molecular weight is 290 g/mol. The zero-order valence-corrected chi connectivity index (χ0v) is 12.0. The van der Waals surface area contributed by atoms with Gasteiger partial charge in [-0.15, -0.1) is 0 Å². The molecule has 0 aliphatic carbocycles. The van der Waals surface area contributed by atoms with E-state index in [1.54, 1.807) is 0 Å². The third kappa shape index (κ3) is 4.27. The van der Waals surface area contributed by atoms with Crippen LogP contribution in [0.25, 0.3) is 0 Å². The van der Waals surface area contributed by atoms with E-state index in [0.29, 0.717) is 13.1 Å². The fourth-order valence-corrected chi connectivity index (χ4v) is 2.59. The topological polar surface area (TPSA) is 101 Å². The van der Waals surface area contributed by atoms with E-state index in [4.69, 9.17) is 11.5 Å². The number of primary amides is 1. The minimum atomic E-state index is -0.240. The van der Waals surface area contributed by atoms with Gasteiger partial charge in [0.15, 0.2) is 0 Å². The zero-order chi connectivity index (χ0) is 15.2. The predicted molar refractivity (Wildman–Crippen MR) is 81.3 cm³/mol. The van der Waals surface area contributed by atoms with Crippen LogP contribution in [0.5, 0.6) is 0 Å². The normalized spacial score (nSPS) is 16.6. The van der Waals surface area contributed by atoms with Crippen LogP contribution in [0.4, 0.5) is 5.69 Å². The molecular weight excluding hydrogens is 268 g/mol. The van der Waals surface area contributed by atoms with Gasteiger partial charge in [-0.3, -0.25) is 14.5 Å². The van der Waals surface area contributed by atoms with E-state index in [1.165, 1.54) is 0 Å². The van der Waals surface area contributed by atoms with Crippen molar-refractivity contribution >= 4 is 17.5 Å². The Morgan fingerprint density at radius 3 is 2.52 bits per heavy atom. The van der Waals surface area contributed by atoms with Gasteiger partial charge in [0.2, 0.25) is 11.8 Å². The van der Waals surface area contributed by atoms with Gasteiger partial charge in [0.1, 0.15) is 0 Å². The number of para-hydroxylation sites is 1. The summed E-state index contributed by atoms with van der Waals surface area (Å²) in [6.45, 7) is 2.16. The first-order chi connectivity index (χ1) is 10.1. The summed E-state index contributed by atoms with van der Waals surface area (Å²) in [6, 6.07) is 7.51. The quantitative estimate of drug-likeness (QED) is 0.725. The summed E-state index contributed by atoms with van der Waals surface area (Å²) < 4.78 is 0. The summed E-state index contributed by atoms with van der Waals surface area (Å²) in [5, 5.41) is 2.89. The smallest absolute Gasteiger partial charge is 0.238 e. The van der Waals surface area contributed by atoms with Gasteiger partial charge in [-0.05, 0) is 37.6 Å². The molecule has 1 aromatic rings. The highest BCUT2D eigenvalue weighted by molar-refractivity contribution is 5.93. The third-order valence-electron chi connectivity index (χ3n) is 3.87. The second-order valence-electron chi connectivity index (χ2n) is 5.36. The van der Waals surface area contributed by atoms with Gasteiger partial charge in [-0.2, -0.15) is 0 Å². The molecule has 0 radical (unpaired) electrons. The van der Waals surface area contributed by atoms with Crippen LogP contribution in [-0.4, -0.2) is 36.3 Å². The standard InChI is InChI=1S/C15H22N4O2/c16-9-12-3-1-2-4-13(12)18-14(20)10-19-7-5-11(6-8-19)15(17)21/h1-4,11H,5-10,16H2,(H2,17,21)(H,18,20). The molecule has 5 N–H and O–H groups in total. The largest absolute Gasteiger partial charge is 0.369 e. The molecule has 114 valence electrons. The van der Waals surface area contributed by atoms with Crippen LogP contribution in [-0.2, 0) is 16.1 Å². The number of hydrogen-bond donors (Lipinski definition) is 3. The summed E-state index contributed by atoms with van der Waals surface area (Å²) in [6.07, 6.45) is 1.45. The molecule has 1 saturated heterocycles. The van der Waals surface area contributed by atoms with Crippen molar-refractivity contribution in [2.45, 2.75) is 19.4 Å².